The number of aromatic nitrogens is 4. The third-order valence-corrected chi connectivity index (χ3v) is 6.12. The average molecular weight is 473 g/mol. The molecule has 1 saturated heterocycles. The minimum absolute atomic E-state index is 0.0687. The Morgan fingerprint density at radius 3 is 2.51 bits per heavy atom. The van der Waals surface area contributed by atoms with Crippen LogP contribution in [-0.2, 0) is 6.54 Å². The van der Waals surface area contributed by atoms with Gasteiger partial charge in [0, 0.05) is 50.2 Å². The van der Waals surface area contributed by atoms with E-state index in [1.165, 1.54) is 11.7 Å². The van der Waals surface area contributed by atoms with E-state index in [0.29, 0.717) is 54.3 Å². The maximum absolute atomic E-state index is 13.2. The van der Waals surface area contributed by atoms with Crippen molar-refractivity contribution in [3.8, 4) is 5.75 Å². The first kappa shape index (κ1) is 22.3. The van der Waals surface area contributed by atoms with Crippen LogP contribution in [0, 0.1) is 0 Å². The molecule has 1 amide bonds. The van der Waals surface area contributed by atoms with Crippen LogP contribution >= 0.6 is 0 Å². The van der Waals surface area contributed by atoms with E-state index < -0.39 is 11.2 Å². The Labute approximate surface area is 200 Å². The third kappa shape index (κ3) is 4.50. The molecule has 0 radical (unpaired) electrons. The molecule has 35 heavy (non-hydrogen) atoms. The Morgan fingerprint density at radius 1 is 1.00 bits per heavy atom. The molecule has 0 unspecified atom stereocenters. The number of fused-ring (bicyclic) bond motifs is 1. The summed E-state index contributed by atoms with van der Waals surface area (Å²) in [6.45, 7) is 2.61. The van der Waals surface area contributed by atoms with E-state index >= 15 is 0 Å². The summed E-state index contributed by atoms with van der Waals surface area (Å²) >= 11 is 0. The molecule has 1 fully saturated rings. The third-order valence-electron chi connectivity index (χ3n) is 6.12. The number of amides is 1. The molecule has 1 aliphatic rings. The van der Waals surface area contributed by atoms with Crippen LogP contribution in [0.25, 0.3) is 10.9 Å². The summed E-state index contributed by atoms with van der Waals surface area (Å²) in [7, 11) is 1.53. The van der Waals surface area contributed by atoms with Crippen molar-refractivity contribution in [3.05, 3.63) is 92.9 Å². The number of aromatic amines is 1. The Kier molecular flexibility index (Phi) is 6.01. The molecule has 2 aromatic heterocycles. The molecule has 10 heteroatoms. The Morgan fingerprint density at radius 2 is 1.77 bits per heavy atom. The van der Waals surface area contributed by atoms with E-state index in [9.17, 15) is 14.4 Å². The molecule has 178 valence electrons. The zero-order valence-electron chi connectivity index (χ0n) is 19.2. The van der Waals surface area contributed by atoms with Gasteiger partial charge in [-0.1, -0.05) is 12.1 Å². The lowest BCUT2D eigenvalue weighted by molar-refractivity contribution is 0.0746. The van der Waals surface area contributed by atoms with Gasteiger partial charge in [0.05, 0.1) is 24.6 Å². The van der Waals surface area contributed by atoms with E-state index in [1.54, 1.807) is 54.9 Å². The molecular weight excluding hydrogens is 448 g/mol. The smallest absolute Gasteiger partial charge is 0.329 e. The molecule has 4 aromatic rings. The Balaban J connectivity index is 1.37. The summed E-state index contributed by atoms with van der Waals surface area (Å²) in [5, 5.41) is 0.387. The molecule has 0 saturated carbocycles. The standard InChI is InChI=1S/C25H24N6O4/c1-35-19-6-7-20-21(15-19)31(25(34)28-22(20)32)16-17-4-2-5-18(14-17)23(33)29-10-12-30(13-11-29)24-26-8-3-9-27-24/h2-9,14-15H,10-13,16H2,1H3,(H,28,32,34). The number of nitrogens with one attached hydrogen (secondary N) is 1. The van der Waals surface area contributed by atoms with Gasteiger partial charge in [-0.25, -0.2) is 14.8 Å². The molecule has 0 aliphatic carbocycles. The summed E-state index contributed by atoms with van der Waals surface area (Å²) in [4.78, 5) is 52.9. The molecule has 10 nitrogen and oxygen atoms in total. The van der Waals surface area contributed by atoms with Crippen LogP contribution < -0.4 is 20.9 Å². The van der Waals surface area contributed by atoms with Crippen molar-refractivity contribution in [1.82, 2.24) is 24.4 Å². The molecule has 0 bridgehead atoms. The van der Waals surface area contributed by atoms with Gasteiger partial charge >= 0.3 is 5.69 Å². The number of hydrogen-bond acceptors (Lipinski definition) is 7. The van der Waals surface area contributed by atoms with E-state index in [1.807, 2.05) is 11.0 Å². The fraction of sp³-hybridized carbons (Fsp3) is 0.240. The minimum Gasteiger partial charge on any atom is -0.497 e. The topological polar surface area (TPSA) is 113 Å². The number of methoxy groups -OCH3 is 1. The fourth-order valence-corrected chi connectivity index (χ4v) is 4.28. The van der Waals surface area contributed by atoms with Gasteiger partial charge in [-0.3, -0.25) is 19.1 Å². The maximum Gasteiger partial charge on any atom is 0.329 e. The Hall–Kier alpha value is -4.47. The second kappa shape index (κ2) is 9.41. The van der Waals surface area contributed by atoms with Crippen molar-refractivity contribution in [3.63, 3.8) is 0 Å². The second-order valence-electron chi connectivity index (χ2n) is 8.26. The normalized spacial score (nSPS) is 13.7. The zero-order valence-corrected chi connectivity index (χ0v) is 19.2. The molecule has 3 heterocycles. The Bertz CT molecular complexity index is 1490. The zero-order chi connectivity index (χ0) is 24.4. The lowest BCUT2D eigenvalue weighted by atomic mass is 10.1. The molecule has 1 N–H and O–H groups in total. The van der Waals surface area contributed by atoms with Crippen molar-refractivity contribution in [1.29, 1.82) is 0 Å². The molecule has 5 rings (SSSR count). The van der Waals surface area contributed by atoms with Gasteiger partial charge in [0.15, 0.2) is 0 Å². The lowest BCUT2D eigenvalue weighted by Gasteiger charge is -2.34. The van der Waals surface area contributed by atoms with Crippen LogP contribution in [-0.4, -0.2) is 63.6 Å². The fourth-order valence-electron chi connectivity index (χ4n) is 4.28. The number of hydrogen-bond donors (Lipinski definition) is 1. The second-order valence-corrected chi connectivity index (χ2v) is 8.26. The van der Waals surface area contributed by atoms with Gasteiger partial charge < -0.3 is 14.5 Å². The molecular formula is C25H24N6O4. The van der Waals surface area contributed by atoms with Crippen LogP contribution in [0.4, 0.5) is 5.95 Å². The highest BCUT2D eigenvalue weighted by atomic mass is 16.5. The molecule has 1 aliphatic heterocycles. The number of H-pyrrole nitrogens is 1. The lowest BCUT2D eigenvalue weighted by Crippen LogP contribution is -2.49. The first-order valence-electron chi connectivity index (χ1n) is 11.2. The summed E-state index contributed by atoms with van der Waals surface area (Å²) < 4.78 is 6.75. The predicted molar refractivity (Wildman–Crippen MR) is 131 cm³/mol. The van der Waals surface area contributed by atoms with E-state index in [4.69, 9.17) is 4.74 Å². The highest BCUT2D eigenvalue weighted by Crippen LogP contribution is 2.19. The van der Waals surface area contributed by atoms with Crippen LogP contribution in [0.3, 0.4) is 0 Å². The van der Waals surface area contributed by atoms with Crippen molar-refractivity contribution in [2.24, 2.45) is 0 Å². The monoisotopic (exact) mass is 472 g/mol. The van der Waals surface area contributed by atoms with Crippen LogP contribution in [0.5, 0.6) is 5.75 Å². The van der Waals surface area contributed by atoms with Crippen LogP contribution in [0.15, 0.2) is 70.5 Å². The van der Waals surface area contributed by atoms with E-state index in [0.717, 1.165) is 5.56 Å². The number of ether oxygens (including phenoxy) is 1. The molecule has 2 aromatic carbocycles. The number of carbonyl (C=O) groups excluding carboxylic acids is 1. The minimum atomic E-state index is -0.522. The van der Waals surface area contributed by atoms with Gasteiger partial charge in [-0.15, -0.1) is 0 Å². The van der Waals surface area contributed by atoms with E-state index in [2.05, 4.69) is 19.9 Å². The van der Waals surface area contributed by atoms with Gasteiger partial charge in [0.1, 0.15) is 5.75 Å². The van der Waals surface area contributed by atoms with Gasteiger partial charge in [-0.2, -0.15) is 0 Å². The average Bonchev–Trinajstić information content (AvgIpc) is 2.91. The highest BCUT2D eigenvalue weighted by Gasteiger charge is 2.23. The summed E-state index contributed by atoms with van der Waals surface area (Å²) in [6.07, 6.45) is 3.41. The first-order valence-corrected chi connectivity index (χ1v) is 11.2. The predicted octanol–water partition coefficient (Wildman–Crippen LogP) is 1.50. The first-order chi connectivity index (χ1) is 17.0. The van der Waals surface area contributed by atoms with Crippen molar-refractivity contribution >= 4 is 22.8 Å². The van der Waals surface area contributed by atoms with Crippen LogP contribution in [0.1, 0.15) is 15.9 Å². The van der Waals surface area contributed by atoms with E-state index in [-0.39, 0.29) is 12.5 Å². The van der Waals surface area contributed by atoms with Crippen molar-refractivity contribution in [2.75, 3.05) is 38.2 Å². The number of anilines is 1. The summed E-state index contributed by atoms with van der Waals surface area (Å²) in [6, 6.07) is 14.0. The number of nitrogens with zero attached hydrogens (tertiary/aromatic N) is 5. The highest BCUT2D eigenvalue weighted by molar-refractivity contribution is 5.94. The maximum atomic E-state index is 13.2. The number of piperazine rings is 1. The largest absolute Gasteiger partial charge is 0.497 e. The SMILES string of the molecule is COc1ccc2c(=O)[nH]c(=O)n(Cc3cccc(C(=O)N4CCN(c5ncccn5)CC4)c3)c2c1. The van der Waals surface area contributed by atoms with Crippen LogP contribution in [0.2, 0.25) is 0 Å². The van der Waals surface area contributed by atoms with Gasteiger partial charge in [0.2, 0.25) is 5.95 Å². The van der Waals surface area contributed by atoms with Crippen molar-refractivity contribution in [2.45, 2.75) is 6.54 Å². The molecule has 0 spiro atoms. The van der Waals surface area contributed by atoms with Crippen molar-refractivity contribution < 1.29 is 9.53 Å². The van der Waals surface area contributed by atoms with Gasteiger partial charge in [0.25, 0.3) is 11.5 Å². The van der Waals surface area contributed by atoms with Gasteiger partial charge in [-0.05, 0) is 35.9 Å². The molecule has 0 atom stereocenters. The quantitative estimate of drug-likeness (QED) is 0.468. The number of benzene rings is 2. The summed E-state index contributed by atoms with van der Waals surface area (Å²) in [5.74, 6) is 1.14. The number of rotatable bonds is 5. The number of carbonyl (C=O) groups is 1. The summed E-state index contributed by atoms with van der Waals surface area (Å²) in [5.41, 5.74) is 0.811.